The monoisotopic (exact) mass is 247 g/mol. The number of nitrogens with zero attached hydrogens (tertiary/aromatic N) is 1. The van der Waals surface area contributed by atoms with E-state index in [-0.39, 0.29) is 11.8 Å². The van der Waals surface area contributed by atoms with Gasteiger partial charge in [-0.15, -0.1) is 0 Å². The highest BCUT2D eigenvalue weighted by atomic mass is 16.3. The average Bonchev–Trinajstić information content (AvgIpc) is 2.25. The molecule has 3 nitrogen and oxygen atoms in total. The lowest BCUT2D eigenvalue weighted by Crippen LogP contribution is -2.49. The Morgan fingerprint density at radius 2 is 2.17 bits per heavy atom. The molecule has 0 amide bonds. The van der Waals surface area contributed by atoms with Crippen LogP contribution in [0.3, 0.4) is 0 Å². The molecule has 3 atom stereocenters. The second kappa shape index (κ2) is 4.22. The highest BCUT2D eigenvalue weighted by molar-refractivity contribution is 5.43. The molecule has 2 aliphatic carbocycles. The molecular weight excluding hydrogens is 226 g/mol. The van der Waals surface area contributed by atoms with E-state index < -0.39 is 11.2 Å². The van der Waals surface area contributed by atoms with Crippen molar-refractivity contribution in [3.8, 4) is 6.07 Å². The van der Waals surface area contributed by atoms with Gasteiger partial charge in [-0.25, -0.2) is 0 Å². The van der Waals surface area contributed by atoms with Crippen LogP contribution in [-0.2, 0) is 0 Å². The van der Waals surface area contributed by atoms with Gasteiger partial charge in [0.15, 0.2) is 0 Å². The fraction of sp³-hybridized carbons (Fsp3) is 0.667. The zero-order valence-corrected chi connectivity index (χ0v) is 11.3. The van der Waals surface area contributed by atoms with E-state index in [2.05, 4.69) is 6.07 Å². The predicted octanol–water partition coefficient (Wildman–Crippen LogP) is 2.31. The SMILES string of the molecule is CC(C)(O)[C@@H]1C=C(C#N)C=C2CCC[C@](C)(O)[C@H]21. The van der Waals surface area contributed by atoms with Crippen molar-refractivity contribution in [2.45, 2.75) is 51.2 Å². The quantitative estimate of drug-likeness (QED) is 0.747. The summed E-state index contributed by atoms with van der Waals surface area (Å²) in [6.07, 6.45) is 6.30. The summed E-state index contributed by atoms with van der Waals surface area (Å²) in [5.41, 5.74) is -0.0247. The van der Waals surface area contributed by atoms with Gasteiger partial charge in [0.2, 0.25) is 0 Å². The van der Waals surface area contributed by atoms with Crippen LogP contribution in [0.5, 0.6) is 0 Å². The molecule has 1 saturated carbocycles. The van der Waals surface area contributed by atoms with Crippen molar-refractivity contribution >= 4 is 0 Å². The van der Waals surface area contributed by atoms with Gasteiger partial charge in [-0.3, -0.25) is 0 Å². The fourth-order valence-corrected chi connectivity index (χ4v) is 3.36. The maximum absolute atomic E-state index is 10.6. The number of allylic oxidation sites excluding steroid dienone is 2. The molecule has 0 unspecified atom stereocenters. The molecule has 0 radical (unpaired) electrons. The van der Waals surface area contributed by atoms with Crippen LogP contribution in [-0.4, -0.2) is 21.4 Å². The molecule has 2 N–H and O–H groups in total. The van der Waals surface area contributed by atoms with Crippen LogP contribution >= 0.6 is 0 Å². The molecule has 0 bridgehead atoms. The number of hydrogen-bond acceptors (Lipinski definition) is 3. The third-order valence-corrected chi connectivity index (χ3v) is 4.22. The number of nitriles is 1. The van der Waals surface area contributed by atoms with Crippen LogP contribution in [0.25, 0.3) is 0 Å². The van der Waals surface area contributed by atoms with Gasteiger partial charge in [0.1, 0.15) is 0 Å². The summed E-state index contributed by atoms with van der Waals surface area (Å²) in [6.45, 7) is 5.34. The summed E-state index contributed by atoms with van der Waals surface area (Å²) in [5.74, 6) is -0.286. The Morgan fingerprint density at radius 3 is 2.72 bits per heavy atom. The molecule has 3 heteroatoms. The molecule has 2 aliphatic rings. The summed E-state index contributed by atoms with van der Waals surface area (Å²) >= 11 is 0. The van der Waals surface area contributed by atoms with Crippen LogP contribution in [0.2, 0.25) is 0 Å². The third kappa shape index (κ3) is 2.23. The molecule has 0 aliphatic heterocycles. The summed E-state index contributed by atoms with van der Waals surface area (Å²) < 4.78 is 0. The highest BCUT2D eigenvalue weighted by Crippen LogP contribution is 2.48. The molecule has 0 spiro atoms. The van der Waals surface area contributed by atoms with Gasteiger partial charge in [-0.05, 0) is 46.1 Å². The van der Waals surface area contributed by atoms with Crippen molar-refractivity contribution in [3.63, 3.8) is 0 Å². The maximum Gasteiger partial charge on any atom is 0.0988 e. The lowest BCUT2D eigenvalue weighted by atomic mass is 9.61. The number of hydrogen-bond donors (Lipinski definition) is 2. The van der Waals surface area contributed by atoms with Crippen molar-refractivity contribution < 1.29 is 10.2 Å². The van der Waals surface area contributed by atoms with E-state index in [1.807, 2.05) is 19.1 Å². The van der Waals surface area contributed by atoms with Gasteiger partial charge in [0.05, 0.1) is 17.3 Å². The lowest BCUT2D eigenvalue weighted by Gasteiger charge is -2.47. The minimum absolute atomic E-state index is 0.0802. The third-order valence-electron chi connectivity index (χ3n) is 4.22. The normalized spacial score (nSPS) is 36.2. The van der Waals surface area contributed by atoms with Gasteiger partial charge in [-0.1, -0.05) is 11.6 Å². The molecule has 98 valence electrons. The Hall–Kier alpha value is -1.11. The van der Waals surface area contributed by atoms with E-state index in [1.165, 1.54) is 0 Å². The van der Waals surface area contributed by atoms with Crippen molar-refractivity contribution in [1.29, 1.82) is 5.26 Å². The first kappa shape index (κ1) is 13.3. The molecular formula is C15H21NO2. The topological polar surface area (TPSA) is 64.2 Å². The zero-order valence-electron chi connectivity index (χ0n) is 11.3. The standard InChI is InChI=1S/C15H21NO2/c1-14(2,17)12-8-10(9-16)7-11-5-4-6-15(3,18)13(11)12/h7-8,12-13,17-18H,4-6H2,1-3H3/t12-,13-,15+/m1/s1. The molecule has 0 saturated heterocycles. The van der Waals surface area contributed by atoms with Crippen molar-refractivity contribution in [2.24, 2.45) is 11.8 Å². The highest BCUT2D eigenvalue weighted by Gasteiger charge is 2.47. The number of aliphatic hydroxyl groups is 2. The minimum atomic E-state index is -0.937. The molecule has 0 aromatic heterocycles. The van der Waals surface area contributed by atoms with Crippen LogP contribution in [0, 0.1) is 23.2 Å². The Labute approximate surface area is 108 Å². The van der Waals surface area contributed by atoms with Gasteiger partial charge in [-0.2, -0.15) is 5.26 Å². The van der Waals surface area contributed by atoms with Crippen LogP contribution in [0.1, 0.15) is 40.0 Å². The smallest absolute Gasteiger partial charge is 0.0988 e. The second-order valence-corrected chi connectivity index (χ2v) is 6.32. The van der Waals surface area contributed by atoms with E-state index in [0.717, 1.165) is 24.8 Å². The van der Waals surface area contributed by atoms with Crippen molar-refractivity contribution in [2.75, 3.05) is 0 Å². The van der Waals surface area contributed by atoms with E-state index in [0.29, 0.717) is 5.57 Å². The van der Waals surface area contributed by atoms with E-state index in [1.54, 1.807) is 13.8 Å². The van der Waals surface area contributed by atoms with E-state index in [9.17, 15) is 10.2 Å². The van der Waals surface area contributed by atoms with Gasteiger partial charge >= 0.3 is 0 Å². The first-order chi connectivity index (χ1) is 8.25. The average molecular weight is 247 g/mol. The summed E-state index contributed by atoms with van der Waals surface area (Å²) in [5, 5.41) is 30.0. The fourth-order valence-electron chi connectivity index (χ4n) is 3.36. The largest absolute Gasteiger partial charge is 0.390 e. The minimum Gasteiger partial charge on any atom is -0.390 e. The van der Waals surface area contributed by atoms with E-state index in [4.69, 9.17) is 5.26 Å². The van der Waals surface area contributed by atoms with Crippen LogP contribution < -0.4 is 0 Å². The second-order valence-electron chi connectivity index (χ2n) is 6.32. The van der Waals surface area contributed by atoms with Crippen molar-refractivity contribution in [1.82, 2.24) is 0 Å². The Morgan fingerprint density at radius 1 is 1.50 bits per heavy atom. The predicted molar refractivity (Wildman–Crippen MR) is 69.5 cm³/mol. The lowest BCUT2D eigenvalue weighted by molar-refractivity contribution is -0.0736. The molecule has 0 aromatic rings. The first-order valence-corrected chi connectivity index (χ1v) is 6.53. The first-order valence-electron chi connectivity index (χ1n) is 6.53. The molecule has 0 heterocycles. The molecule has 18 heavy (non-hydrogen) atoms. The number of rotatable bonds is 1. The Bertz CT molecular complexity index is 446. The van der Waals surface area contributed by atoms with Gasteiger partial charge in [0.25, 0.3) is 0 Å². The van der Waals surface area contributed by atoms with Crippen molar-refractivity contribution in [3.05, 3.63) is 23.3 Å². The zero-order chi connectivity index (χ0) is 13.6. The van der Waals surface area contributed by atoms with Crippen LogP contribution in [0.4, 0.5) is 0 Å². The Kier molecular flexibility index (Phi) is 3.12. The van der Waals surface area contributed by atoms with Gasteiger partial charge < -0.3 is 10.2 Å². The Balaban J connectivity index is 2.48. The molecule has 1 fully saturated rings. The summed E-state index contributed by atoms with van der Waals surface area (Å²) in [4.78, 5) is 0. The van der Waals surface area contributed by atoms with E-state index >= 15 is 0 Å². The van der Waals surface area contributed by atoms with Crippen LogP contribution in [0.15, 0.2) is 23.3 Å². The van der Waals surface area contributed by atoms with Gasteiger partial charge in [0, 0.05) is 17.4 Å². The maximum atomic E-state index is 10.6. The molecule has 2 rings (SSSR count). The summed E-state index contributed by atoms with van der Waals surface area (Å²) in [6, 6.07) is 2.16. The molecule has 0 aromatic carbocycles. The summed E-state index contributed by atoms with van der Waals surface area (Å²) in [7, 11) is 0. The number of fused-ring (bicyclic) bond motifs is 1.